The third kappa shape index (κ3) is 2.39. The zero-order valence-electron chi connectivity index (χ0n) is 12.0. The van der Waals surface area contributed by atoms with Gasteiger partial charge in [-0.2, -0.15) is 0 Å². The minimum Gasteiger partial charge on any atom is -0.491 e. The maximum atomic E-state index is 5.65. The second-order valence-electron chi connectivity index (χ2n) is 5.25. The molecular formula is C17H18N2O. The first-order valence-corrected chi connectivity index (χ1v) is 6.86. The van der Waals surface area contributed by atoms with Gasteiger partial charge in [0.15, 0.2) is 0 Å². The monoisotopic (exact) mass is 266 g/mol. The number of aryl methyl sites for hydroxylation is 1. The molecule has 0 bridgehead atoms. The lowest BCUT2D eigenvalue weighted by molar-refractivity contribution is 0.242. The van der Waals surface area contributed by atoms with E-state index in [1.165, 1.54) is 5.56 Å². The molecule has 0 aliphatic rings. The van der Waals surface area contributed by atoms with Crippen LogP contribution in [0, 0.1) is 6.92 Å². The van der Waals surface area contributed by atoms with Gasteiger partial charge in [0.05, 0.1) is 17.1 Å². The summed E-state index contributed by atoms with van der Waals surface area (Å²) in [6, 6.07) is 14.2. The van der Waals surface area contributed by atoms with Crippen LogP contribution in [0.3, 0.4) is 0 Å². The Morgan fingerprint density at radius 1 is 1.05 bits per heavy atom. The van der Waals surface area contributed by atoms with Gasteiger partial charge in [-0.3, -0.25) is 0 Å². The van der Waals surface area contributed by atoms with Crippen molar-refractivity contribution in [2.75, 3.05) is 0 Å². The highest BCUT2D eigenvalue weighted by molar-refractivity contribution is 5.82. The van der Waals surface area contributed by atoms with Crippen molar-refractivity contribution in [3.05, 3.63) is 48.0 Å². The number of imidazole rings is 1. The highest BCUT2D eigenvalue weighted by Gasteiger charge is 2.07. The summed E-state index contributed by atoms with van der Waals surface area (Å²) in [5.41, 5.74) is 4.36. The number of aromatic nitrogens is 2. The summed E-state index contributed by atoms with van der Waals surface area (Å²) in [4.78, 5) is 8.04. The van der Waals surface area contributed by atoms with Crippen molar-refractivity contribution in [2.45, 2.75) is 26.9 Å². The van der Waals surface area contributed by atoms with Crippen LogP contribution in [0.1, 0.15) is 19.4 Å². The molecule has 0 spiro atoms. The lowest BCUT2D eigenvalue weighted by Gasteiger charge is -2.09. The van der Waals surface area contributed by atoms with E-state index in [-0.39, 0.29) is 6.10 Å². The van der Waals surface area contributed by atoms with E-state index in [1.807, 2.05) is 44.2 Å². The molecule has 20 heavy (non-hydrogen) atoms. The number of hydrogen-bond donors (Lipinski definition) is 1. The van der Waals surface area contributed by atoms with Gasteiger partial charge in [0.2, 0.25) is 0 Å². The summed E-state index contributed by atoms with van der Waals surface area (Å²) in [7, 11) is 0. The molecule has 0 unspecified atom stereocenters. The topological polar surface area (TPSA) is 37.9 Å². The summed E-state index contributed by atoms with van der Waals surface area (Å²) >= 11 is 0. The Balaban J connectivity index is 1.96. The quantitative estimate of drug-likeness (QED) is 0.766. The molecule has 3 rings (SSSR count). The van der Waals surface area contributed by atoms with Gasteiger partial charge >= 0.3 is 0 Å². The van der Waals surface area contributed by atoms with Gasteiger partial charge in [0.25, 0.3) is 0 Å². The Morgan fingerprint density at radius 3 is 2.45 bits per heavy atom. The molecule has 2 aromatic carbocycles. The van der Waals surface area contributed by atoms with Crippen LogP contribution in [0.4, 0.5) is 0 Å². The Hall–Kier alpha value is -2.29. The number of para-hydroxylation sites is 1. The van der Waals surface area contributed by atoms with Crippen LogP contribution in [-0.2, 0) is 0 Å². The molecule has 3 aromatic rings. The molecule has 1 N–H and O–H groups in total. The summed E-state index contributed by atoms with van der Waals surface area (Å²) in [6.07, 6.45) is 0.190. The Bertz CT molecular complexity index is 726. The largest absolute Gasteiger partial charge is 0.491 e. The molecule has 0 amide bonds. The lowest BCUT2D eigenvalue weighted by atomic mass is 10.2. The number of hydrogen-bond acceptors (Lipinski definition) is 2. The normalized spacial score (nSPS) is 11.2. The van der Waals surface area contributed by atoms with Crippen LogP contribution < -0.4 is 4.74 Å². The van der Waals surface area contributed by atoms with E-state index in [0.717, 1.165) is 28.2 Å². The van der Waals surface area contributed by atoms with Crippen LogP contribution in [0.5, 0.6) is 5.75 Å². The number of aromatic amines is 1. The number of rotatable bonds is 3. The van der Waals surface area contributed by atoms with Crippen molar-refractivity contribution in [1.29, 1.82) is 0 Å². The summed E-state index contributed by atoms with van der Waals surface area (Å²) in [5.74, 6) is 1.78. The standard InChI is InChI=1S/C17H18N2O/c1-11(2)20-14-9-7-13(8-10-14)17-18-15-6-4-5-12(3)16(15)19-17/h4-11H,1-3H3,(H,18,19). The fraction of sp³-hybridized carbons (Fsp3) is 0.235. The molecule has 0 radical (unpaired) electrons. The number of nitrogens with one attached hydrogen (secondary N) is 1. The number of fused-ring (bicyclic) bond motifs is 1. The highest BCUT2D eigenvalue weighted by atomic mass is 16.5. The predicted molar refractivity (Wildman–Crippen MR) is 82.0 cm³/mol. The lowest BCUT2D eigenvalue weighted by Crippen LogP contribution is -2.05. The van der Waals surface area contributed by atoms with E-state index >= 15 is 0 Å². The van der Waals surface area contributed by atoms with Crippen LogP contribution >= 0.6 is 0 Å². The minimum atomic E-state index is 0.190. The third-order valence-corrected chi connectivity index (χ3v) is 3.21. The molecule has 3 heteroatoms. The first-order chi connectivity index (χ1) is 9.63. The maximum Gasteiger partial charge on any atom is 0.138 e. The highest BCUT2D eigenvalue weighted by Crippen LogP contribution is 2.24. The van der Waals surface area contributed by atoms with Gasteiger partial charge in [0.1, 0.15) is 11.6 Å². The smallest absolute Gasteiger partial charge is 0.138 e. The van der Waals surface area contributed by atoms with Gasteiger partial charge in [0, 0.05) is 5.56 Å². The van der Waals surface area contributed by atoms with Gasteiger partial charge in [-0.1, -0.05) is 12.1 Å². The summed E-state index contributed by atoms with van der Waals surface area (Å²) < 4.78 is 5.65. The molecule has 3 nitrogen and oxygen atoms in total. The fourth-order valence-electron chi connectivity index (χ4n) is 2.28. The van der Waals surface area contributed by atoms with Crippen LogP contribution in [0.2, 0.25) is 0 Å². The van der Waals surface area contributed by atoms with Gasteiger partial charge < -0.3 is 9.72 Å². The van der Waals surface area contributed by atoms with Gasteiger partial charge in [-0.15, -0.1) is 0 Å². The fourth-order valence-corrected chi connectivity index (χ4v) is 2.28. The summed E-state index contributed by atoms with van der Waals surface area (Å²) in [6.45, 7) is 6.12. The average Bonchev–Trinajstić information content (AvgIpc) is 2.84. The predicted octanol–water partition coefficient (Wildman–Crippen LogP) is 4.33. The van der Waals surface area contributed by atoms with E-state index in [4.69, 9.17) is 4.74 Å². The first kappa shape index (κ1) is 12.7. The minimum absolute atomic E-state index is 0.190. The first-order valence-electron chi connectivity index (χ1n) is 6.86. The van der Waals surface area contributed by atoms with E-state index < -0.39 is 0 Å². The van der Waals surface area contributed by atoms with Crippen molar-refractivity contribution < 1.29 is 4.74 Å². The zero-order chi connectivity index (χ0) is 14.1. The SMILES string of the molecule is Cc1cccc2[nH]c(-c3ccc(OC(C)C)cc3)nc12. The summed E-state index contributed by atoms with van der Waals surface area (Å²) in [5, 5.41) is 0. The van der Waals surface area contributed by atoms with E-state index in [0.29, 0.717) is 0 Å². The van der Waals surface area contributed by atoms with Crippen molar-refractivity contribution in [3.63, 3.8) is 0 Å². The Labute approximate surface area is 118 Å². The molecule has 0 atom stereocenters. The van der Waals surface area contributed by atoms with Crippen molar-refractivity contribution in [2.24, 2.45) is 0 Å². The number of ether oxygens (including phenoxy) is 1. The second-order valence-corrected chi connectivity index (χ2v) is 5.25. The van der Waals surface area contributed by atoms with Gasteiger partial charge in [-0.25, -0.2) is 4.98 Å². The molecule has 0 aliphatic carbocycles. The van der Waals surface area contributed by atoms with E-state index in [2.05, 4.69) is 29.0 Å². The second kappa shape index (κ2) is 5.00. The average molecular weight is 266 g/mol. The van der Waals surface area contributed by atoms with Crippen molar-refractivity contribution >= 4 is 11.0 Å². The molecule has 0 saturated heterocycles. The third-order valence-electron chi connectivity index (χ3n) is 3.21. The number of nitrogens with zero attached hydrogens (tertiary/aromatic N) is 1. The number of benzene rings is 2. The zero-order valence-corrected chi connectivity index (χ0v) is 12.0. The number of H-pyrrole nitrogens is 1. The van der Waals surface area contributed by atoms with Gasteiger partial charge in [-0.05, 0) is 56.7 Å². The van der Waals surface area contributed by atoms with E-state index in [1.54, 1.807) is 0 Å². The molecular weight excluding hydrogens is 248 g/mol. The van der Waals surface area contributed by atoms with Crippen LogP contribution in [0.25, 0.3) is 22.4 Å². The molecule has 1 aromatic heterocycles. The molecule has 0 fully saturated rings. The van der Waals surface area contributed by atoms with E-state index in [9.17, 15) is 0 Å². The maximum absolute atomic E-state index is 5.65. The van der Waals surface area contributed by atoms with Crippen LogP contribution in [0.15, 0.2) is 42.5 Å². The van der Waals surface area contributed by atoms with Crippen LogP contribution in [-0.4, -0.2) is 16.1 Å². The van der Waals surface area contributed by atoms with Crippen molar-refractivity contribution in [1.82, 2.24) is 9.97 Å². The Kier molecular flexibility index (Phi) is 3.18. The molecule has 0 aliphatic heterocycles. The molecule has 0 saturated carbocycles. The Morgan fingerprint density at radius 2 is 1.80 bits per heavy atom. The van der Waals surface area contributed by atoms with Crippen molar-refractivity contribution in [3.8, 4) is 17.1 Å². The molecule has 1 heterocycles. The molecule has 102 valence electrons.